The van der Waals surface area contributed by atoms with Crippen LogP contribution in [-0.4, -0.2) is 4.43 Å². The van der Waals surface area contributed by atoms with Crippen molar-refractivity contribution in [3.8, 4) is 0 Å². The molecule has 0 saturated carbocycles. The van der Waals surface area contributed by atoms with Gasteiger partial charge in [-0.25, -0.2) is 0 Å². The summed E-state index contributed by atoms with van der Waals surface area (Å²) < 4.78 is 1.30. The zero-order valence-electron chi connectivity index (χ0n) is 6.71. The van der Waals surface area contributed by atoms with E-state index in [0.29, 0.717) is 5.41 Å². The fourth-order valence-electron chi connectivity index (χ4n) is 0.832. The lowest BCUT2D eigenvalue weighted by Crippen LogP contribution is -2.13. The smallest absolute Gasteiger partial charge is 0.0000450 e. The van der Waals surface area contributed by atoms with Crippen LogP contribution >= 0.6 is 22.6 Å². The van der Waals surface area contributed by atoms with Gasteiger partial charge in [-0.1, -0.05) is 56.2 Å². The maximum Gasteiger partial charge on any atom is 0.0000450 e. The molecule has 0 bridgehead atoms. The molecule has 9 heavy (non-hydrogen) atoms. The molecule has 1 heteroatoms. The van der Waals surface area contributed by atoms with E-state index in [0.717, 1.165) is 0 Å². The highest BCUT2D eigenvalue weighted by Crippen LogP contribution is 2.29. The molecule has 0 aromatic rings. The van der Waals surface area contributed by atoms with Gasteiger partial charge >= 0.3 is 0 Å². The Hall–Kier alpha value is 0.730. The Morgan fingerprint density at radius 1 is 1.22 bits per heavy atom. The first kappa shape index (κ1) is 9.73. The van der Waals surface area contributed by atoms with Gasteiger partial charge in [-0.3, -0.25) is 0 Å². The summed E-state index contributed by atoms with van der Waals surface area (Å²) in [6.45, 7) is 6.96. The van der Waals surface area contributed by atoms with Gasteiger partial charge in [-0.05, 0) is 11.8 Å². The molecule has 0 aliphatic heterocycles. The second-order valence-corrected chi connectivity index (χ2v) is 4.04. The van der Waals surface area contributed by atoms with Gasteiger partial charge in [0.15, 0.2) is 0 Å². The maximum atomic E-state index is 2.46. The average molecular weight is 240 g/mol. The minimum atomic E-state index is 0.626. The lowest BCUT2D eigenvalue weighted by atomic mass is 9.82. The van der Waals surface area contributed by atoms with Crippen LogP contribution in [0.1, 0.15) is 40.0 Å². The average Bonchev–Trinajstić information content (AvgIpc) is 1.89. The SMILES string of the molecule is CCC(C)(CC)CCI. The highest BCUT2D eigenvalue weighted by Gasteiger charge is 2.17. The summed E-state index contributed by atoms with van der Waals surface area (Å²) in [5.41, 5.74) is 0.626. The molecule has 0 aromatic carbocycles. The molecule has 0 heterocycles. The first-order chi connectivity index (χ1) is 4.18. The first-order valence-electron chi connectivity index (χ1n) is 3.74. The third-order valence-electron chi connectivity index (χ3n) is 2.41. The van der Waals surface area contributed by atoms with Gasteiger partial charge < -0.3 is 0 Å². The fraction of sp³-hybridized carbons (Fsp3) is 1.00. The Kier molecular flexibility index (Phi) is 4.90. The molecule has 0 atom stereocenters. The van der Waals surface area contributed by atoms with Crippen LogP contribution in [0.2, 0.25) is 0 Å². The second kappa shape index (κ2) is 4.53. The standard InChI is InChI=1S/C8H17I/c1-4-8(3,5-2)6-7-9/h4-7H2,1-3H3. The fourth-order valence-corrected chi connectivity index (χ4v) is 2.13. The van der Waals surface area contributed by atoms with Crippen LogP contribution in [0, 0.1) is 5.41 Å². The van der Waals surface area contributed by atoms with Crippen LogP contribution in [0.4, 0.5) is 0 Å². The quantitative estimate of drug-likeness (QED) is 0.519. The van der Waals surface area contributed by atoms with E-state index in [1.807, 2.05) is 0 Å². The first-order valence-corrected chi connectivity index (χ1v) is 5.27. The second-order valence-electron chi connectivity index (χ2n) is 2.96. The number of hydrogen-bond donors (Lipinski definition) is 0. The van der Waals surface area contributed by atoms with E-state index in [1.54, 1.807) is 0 Å². The van der Waals surface area contributed by atoms with Crippen molar-refractivity contribution in [2.45, 2.75) is 40.0 Å². The van der Waals surface area contributed by atoms with Gasteiger partial charge in [0, 0.05) is 4.43 Å². The summed E-state index contributed by atoms with van der Waals surface area (Å²) in [6, 6.07) is 0. The number of alkyl halides is 1. The number of rotatable bonds is 4. The van der Waals surface area contributed by atoms with Crippen molar-refractivity contribution in [1.29, 1.82) is 0 Å². The van der Waals surface area contributed by atoms with Gasteiger partial charge in [0.1, 0.15) is 0 Å². The Morgan fingerprint density at radius 3 is 1.78 bits per heavy atom. The molecular formula is C8H17I. The van der Waals surface area contributed by atoms with Crippen LogP contribution in [0.15, 0.2) is 0 Å². The molecule has 0 fully saturated rings. The molecule has 0 amide bonds. The van der Waals surface area contributed by atoms with Crippen LogP contribution in [0.3, 0.4) is 0 Å². The van der Waals surface area contributed by atoms with Crippen LogP contribution < -0.4 is 0 Å². The number of halogens is 1. The Morgan fingerprint density at radius 2 is 1.67 bits per heavy atom. The van der Waals surface area contributed by atoms with Crippen molar-refractivity contribution < 1.29 is 0 Å². The Bertz CT molecular complexity index is 65.0. The largest absolute Gasteiger partial charge is 0.0864 e. The number of hydrogen-bond acceptors (Lipinski definition) is 0. The lowest BCUT2D eigenvalue weighted by molar-refractivity contribution is 0.291. The van der Waals surface area contributed by atoms with E-state index in [-0.39, 0.29) is 0 Å². The van der Waals surface area contributed by atoms with Gasteiger partial charge in [0.2, 0.25) is 0 Å². The topological polar surface area (TPSA) is 0 Å². The molecule has 0 aliphatic rings. The van der Waals surface area contributed by atoms with Crippen LogP contribution in [0.25, 0.3) is 0 Å². The normalized spacial score (nSPS) is 12.0. The van der Waals surface area contributed by atoms with E-state index < -0.39 is 0 Å². The van der Waals surface area contributed by atoms with E-state index in [2.05, 4.69) is 43.4 Å². The Labute approximate surface area is 72.6 Å². The molecule has 56 valence electrons. The predicted octanol–water partition coefficient (Wildman–Crippen LogP) is 3.64. The summed E-state index contributed by atoms with van der Waals surface area (Å²) in [4.78, 5) is 0. The van der Waals surface area contributed by atoms with Crippen molar-refractivity contribution >= 4 is 22.6 Å². The van der Waals surface area contributed by atoms with Gasteiger partial charge in [-0.15, -0.1) is 0 Å². The molecule has 0 spiro atoms. The van der Waals surface area contributed by atoms with E-state index in [9.17, 15) is 0 Å². The molecule has 0 aliphatic carbocycles. The monoisotopic (exact) mass is 240 g/mol. The van der Waals surface area contributed by atoms with Crippen molar-refractivity contribution in [3.05, 3.63) is 0 Å². The van der Waals surface area contributed by atoms with Crippen LogP contribution in [-0.2, 0) is 0 Å². The summed E-state index contributed by atoms with van der Waals surface area (Å²) in [7, 11) is 0. The van der Waals surface area contributed by atoms with Gasteiger partial charge in [-0.2, -0.15) is 0 Å². The van der Waals surface area contributed by atoms with E-state index in [4.69, 9.17) is 0 Å². The summed E-state index contributed by atoms with van der Waals surface area (Å²) >= 11 is 2.46. The highest BCUT2D eigenvalue weighted by atomic mass is 127. The molecule has 0 unspecified atom stereocenters. The molecule has 0 saturated heterocycles. The zero-order chi connectivity index (χ0) is 7.33. The summed E-state index contributed by atoms with van der Waals surface area (Å²) in [5, 5.41) is 0. The highest BCUT2D eigenvalue weighted by molar-refractivity contribution is 14.1. The lowest BCUT2D eigenvalue weighted by Gasteiger charge is -2.25. The van der Waals surface area contributed by atoms with Gasteiger partial charge in [0.05, 0.1) is 0 Å². The molecule has 0 N–H and O–H groups in total. The minimum absolute atomic E-state index is 0.626. The Balaban J connectivity index is 3.62. The third-order valence-corrected chi connectivity index (χ3v) is 2.94. The zero-order valence-corrected chi connectivity index (χ0v) is 8.86. The predicted molar refractivity (Wildman–Crippen MR) is 52.2 cm³/mol. The molecule has 0 nitrogen and oxygen atoms in total. The molecule has 0 rings (SSSR count). The molecule has 0 radical (unpaired) electrons. The van der Waals surface area contributed by atoms with E-state index in [1.165, 1.54) is 23.7 Å². The van der Waals surface area contributed by atoms with Gasteiger partial charge in [0.25, 0.3) is 0 Å². The van der Waals surface area contributed by atoms with Crippen molar-refractivity contribution in [2.24, 2.45) is 5.41 Å². The third kappa shape index (κ3) is 3.43. The van der Waals surface area contributed by atoms with Crippen molar-refractivity contribution in [1.82, 2.24) is 0 Å². The van der Waals surface area contributed by atoms with Crippen molar-refractivity contribution in [3.63, 3.8) is 0 Å². The summed E-state index contributed by atoms with van der Waals surface area (Å²) in [5.74, 6) is 0. The minimum Gasteiger partial charge on any atom is -0.0864 e. The van der Waals surface area contributed by atoms with E-state index >= 15 is 0 Å². The van der Waals surface area contributed by atoms with Crippen LogP contribution in [0.5, 0.6) is 0 Å². The molecule has 0 aromatic heterocycles. The molecular weight excluding hydrogens is 223 g/mol. The maximum absolute atomic E-state index is 2.46. The van der Waals surface area contributed by atoms with Crippen molar-refractivity contribution in [2.75, 3.05) is 4.43 Å². The summed E-state index contributed by atoms with van der Waals surface area (Å²) in [6.07, 6.45) is 4.03.